The van der Waals surface area contributed by atoms with Gasteiger partial charge in [0.1, 0.15) is 0 Å². The SMILES string of the molecule is C=C=CC(CC)CC(C)C#N. The van der Waals surface area contributed by atoms with Crippen molar-refractivity contribution < 1.29 is 0 Å². The van der Waals surface area contributed by atoms with Gasteiger partial charge >= 0.3 is 0 Å². The van der Waals surface area contributed by atoms with E-state index in [1.807, 2.05) is 13.0 Å². The molecule has 0 aliphatic rings. The Morgan fingerprint density at radius 3 is 2.64 bits per heavy atom. The fraction of sp³-hybridized carbons (Fsp3) is 0.600. The summed E-state index contributed by atoms with van der Waals surface area (Å²) in [4.78, 5) is 0. The van der Waals surface area contributed by atoms with Crippen LogP contribution in [0.15, 0.2) is 18.4 Å². The standard InChI is InChI=1S/C10H15N/c1-4-6-10(5-2)7-9(3)8-11/h6,9-10H,1,5,7H2,2-3H3. The zero-order valence-electron chi connectivity index (χ0n) is 7.30. The van der Waals surface area contributed by atoms with Crippen LogP contribution >= 0.6 is 0 Å². The molecule has 0 spiro atoms. The number of hydrogen-bond acceptors (Lipinski definition) is 1. The van der Waals surface area contributed by atoms with Gasteiger partial charge < -0.3 is 0 Å². The van der Waals surface area contributed by atoms with Crippen molar-refractivity contribution in [1.29, 1.82) is 5.26 Å². The second-order valence-electron chi connectivity index (χ2n) is 2.80. The fourth-order valence-corrected chi connectivity index (χ4v) is 1.03. The third-order valence-electron chi connectivity index (χ3n) is 1.75. The smallest absolute Gasteiger partial charge is 0.0653 e. The molecule has 0 rings (SSSR count). The molecule has 0 aliphatic heterocycles. The van der Waals surface area contributed by atoms with E-state index in [-0.39, 0.29) is 5.92 Å². The molecule has 0 aromatic carbocycles. The number of rotatable bonds is 4. The number of allylic oxidation sites excluding steroid dienone is 1. The monoisotopic (exact) mass is 149 g/mol. The Labute approximate surface area is 69.0 Å². The lowest BCUT2D eigenvalue weighted by Gasteiger charge is -2.08. The third kappa shape index (κ3) is 4.42. The van der Waals surface area contributed by atoms with Gasteiger partial charge in [0.15, 0.2) is 0 Å². The summed E-state index contributed by atoms with van der Waals surface area (Å²) in [7, 11) is 0. The Balaban J connectivity index is 3.89. The summed E-state index contributed by atoms with van der Waals surface area (Å²) < 4.78 is 0. The van der Waals surface area contributed by atoms with Crippen LogP contribution in [0, 0.1) is 23.2 Å². The van der Waals surface area contributed by atoms with Crippen molar-refractivity contribution in [3.05, 3.63) is 18.4 Å². The highest BCUT2D eigenvalue weighted by Crippen LogP contribution is 2.15. The normalized spacial score (nSPS) is 14.3. The van der Waals surface area contributed by atoms with E-state index in [4.69, 9.17) is 5.26 Å². The van der Waals surface area contributed by atoms with Gasteiger partial charge in [-0.3, -0.25) is 0 Å². The summed E-state index contributed by atoms with van der Waals surface area (Å²) in [6.07, 6.45) is 3.94. The minimum absolute atomic E-state index is 0.143. The maximum Gasteiger partial charge on any atom is 0.0653 e. The molecule has 0 aliphatic carbocycles. The Hall–Kier alpha value is -0.990. The topological polar surface area (TPSA) is 23.8 Å². The van der Waals surface area contributed by atoms with Crippen LogP contribution in [0.2, 0.25) is 0 Å². The molecule has 11 heavy (non-hydrogen) atoms. The Morgan fingerprint density at radius 2 is 2.27 bits per heavy atom. The van der Waals surface area contributed by atoms with Crippen LogP contribution in [0.5, 0.6) is 0 Å². The van der Waals surface area contributed by atoms with Crippen LogP contribution in [0.25, 0.3) is 0 Å². The molecular weight excluding hydrogens is 134 g/mol. The molecule has 2 unspecified atom stereocenters. The molecule has 0 bridgehead atoms. The van der Waals surface area contributed by atoms with Crippen LogP contribution in [0.4, 0.5) is 0 Å². The Kier molecular flexibility index (Phi) is 5.25. The van der Waals surface area contributed by atoms with Crippen LogP contribution in [-0.4, -0.2) is 0 Å². The maximum atomic E-state index is 8.55. The second kappa shape index (κ2) is 5.77. The zero-order valence-corrected chi connectivity index (χ0v) is 7.30. The summed E-state index contributed by atoms with van der Waals surface area (Å²) in [6, 6.07) is 2.22. The first-order valence-corrected chi connectivity index (χ1v) is 4.00. The molecule has 0 aromatic heterocycles. The highest BCUT2D eigenvalue weighted by atomic mass is 14.3. The number of nitriles is 1. The minimum Gasteiger partial charge on any atom is -0.198 e. The van der Waals surface area contributed by atoms with Crippen LogP contribution in [0.3, 0.4) is 0 Å². The summed E-state index contributed by atoms with van der Waals surface area (Å²) in [5, 5.41) is 8.55. The molecular formula is C10H15N. The molecule has 0 N–H and O–H groups in total. The summed E-state index contributed by atoms with van der Waals surface area (Å²) in [5.41, 5.74) is 2.76. The van der Waals surface area contributed by atoms with E-state index < -0.39 is 0 Å². The molecule has 0 saturated heterocycles. The molecule has 0 heterocycles. The molecule has 0 amide bonds. The van der Waals surface area contributed by atoms with Gasteiger partial charge in [-0.15, -0.1) is 5.73 Å². The zero-order chi connectivity index (χ0) is 8.69. The van der Waals surface area contributed by atoms with Gasteiger partial charge in [-0.05, 0) is 31.8 Å². The largest absolute Gasteiger partial charge is 0.198 e. The Morgan fingerprint density at radius 1 is 1.64 bits per heavy atom. The molecule has 0 radical (unpaired) electrons. The van der Waals surface area contributed by atoms with Crippen LogP contribution < -0.4 is 0 Å². The van der Waals surface area contributed by atoms with Crippen molar-refractivity contribution in [3.63, 3.8) is 0 Å². The van der Waals surface area contributed by atoms with Gasteiger partial charge in [-0.2, -0.15) is 5.26 Å². The quantitative estimate of drug-likeness (QED) is 0.564. The van der Waals surface area contributed by atoms with E-state index >= 15 is 0 Å². The van der Waals surface area contributed by atoms with Gasteiger partial charge in [-0.25, -0.2) is 0 Å². The lowest BCUT2D eigenvalue weighted by molar-refractivity contribution is 0.504. The molecule has 60 valence electrons. The van der Waals surface area contributed by atoms with E-state index in [1.54, 1.807) is 0 Å². The molecule has 2 atom stereocenters. The van der Waals surface area contributed by atoms with Crippen molar-refractivity contribution >= 4 is 0 Å². The van der Waals surface area contributed by atoms with Crippen molar-refractivity contribution in [2.24, 2.45) is 11.8 Å². The molecule has 1 nitrogen and oxygen atoms in total. The van der Waals surface area contributed by atoms with Gasteiger partial charge in [0, 0.05) is 5.92 Å². The van der Waals surface area contributed by atoms with E-state index in [1.165, 1.54) is 0 Å². The summed E-state index contributed by atoms with van der Waals surface area (Å²) in [5.74, 6) is 0.617. The minimum atomic E-state index is 0.143. The lowest BCUT2D eigenvalue weighted by atomic mass is 9.95. The first-order valence-electron chi connectivity index (χ1n) is 4.00. The number of hydrogen-bond donors (Lipinski definition) is 0. The summed E-state index contributed by atoms with van der Waals surface area (Å²) >= 11 is 0. The van der Waals surface area contributed by atoms with Crippen molar-refractivity contribution in [2.75, 3.05) is 0 Å². The maximum absolute atomic E-state index is 8.55. The summed E-state index contributed by atoms with van der Waals surface area (Å²) in [6.45, 7) is 7.58. The van der Waals surface area contributed by atoms with Gasteiger partial charge in [0.2, 0.25) is 0 Å². The Bertz CT molecular complexity index is 182. The van der Waals surface area contributed by atoms with Crippen LogP contribution in [0.1, 0.15) is 26.7 Å². The first-order chi connectivity index (χ1) is 5.24. The molecule has 0 aromatic rings. The fourth-order valence-electron chi connectivity index (χ4n) is 1.03. The predicted octanol–water partition coefficient (Wildman–Crippen LogP) is 2.90. The highest BCUT2D eigenvalue weighted by molar-refractivity contribution is 4.89. The van der Waals surface area contributed by atoms with E-state index in [0.29, 0.717) is 5.92 Å². The van der Waals surface area contributed by atoms with Crippen molar-refractivity contribution in [1.82, 2.24) is 0 Å². The first kappa shape index (κ1) is 10.0. The molecule has 0 fully saturated rings. The predicted molar refractivity (Wildman–Crippen MR) is 46.9 cm³/mol. The average molecular weight is 149 g/mol. The lowest BCUT2D eigenvalue weighted by Crippen LogP contribution is -2.00. The molecule has 0 saturated carbocycles. The van der Waals surface area contributed by atoms with E-state index in [2.05, 4.69) is 25.3 Å². The second-order valence-corrected chi connectivity index (χ2v) is 2.80. The van der Waals surface area contributed by atoms with Crippen LogP contribution in [-0.2, 0) is 0 Å². The van der Waals surface area contributed by atoms with Gasteiger partial charge in [0.05, 0.1) is 6.07 Å². The number of nitrogens with zero attached hydrogens (tertiary/aromatic N) is 1. The van der Waals surface area contributed by atoms with Gasteiger partial charge in [0.25, 0.3) is 0 Å². The van der Waals surface area contributed by atoms with Crippen molar-refractivity contribution in [2.45, 2.75) is 26.7 Å². The van der Waals surface area contributed by atoms with Crippen molar-refractivity contribution in [3.8, 4) is 6.07 Å². The van der Waals surface area contributed by atoms with E-state index in [9.17, 15) is 0 Å². The molecule has 1 heteroatoms. The third-order valence-corrected chi connectivity index (χ3v) is 1.75. The van der Waals surface area contributed by atoms with Gasteiger partial charge in [-0.1, -0.05) is 13.5 Å². The average Bonchev–Trinajstić information content (AvgIpc) is 2.03. The van der Waals surface area contributed by atoms with E-state index in [0.717, 1.165) is 12.8 Å². The highest BCUT2D eigenvalue weighted by Gasteiger charge is 2.06.